The van der Waals surface area contributed by atoms with Crippen LogP contribution in [-0.2, 0) is 24.1 Å². The largest absolute Gasteiger partial charge is 0.416 e. The van der Waals surface area contributed by atoms with Gasteiger partial charge in [-0.15, -0.1) is 0 Å². The van der Waals surface area contributed by atoms with E-state index < -0.39 is 23.8 Å². The molecule has 128 valence electrons. The second kappa shape index (κ2) is 5.94. The maximum atomic E-state index is 12.8. The van der Waals surface area contributed by atoms with Gasteiger partial charge in [-0.25, -0.2) is 4.98 Å². The lowest BCUT2D eigenvalue weighted by Crippen LogP contribution is -2.41. The number of hydrogen-bond donors (Lipinski definition) is 1. The van der Waals surface area contributed by atoms with E-state index in [1.807, 2.05) is 11.5 Å². The Hall–Kier alpha value is -2.35. The van der Waals surface area contributed by atoms with E-state index in [1.54, 1.807) is 6.20 Å². The topological polar surface area (TPSA) is 58.4 Å². The van der Waals surface area contributed by atoms with Crippen molar-refractivity contribution in [1.29, 1.82) is 0 Å². The summed E-state index contributed by atoms with van der Waals surface area (Å²) in [5, 5.41) is 10.2. The Bertz CT molecular complexity index is 770. The number of benzene rings is 1. The molecule has 24 heavy (non-hydrogen) atoms. The number of aryl methyl sites for hydroxylation is 1. The summed E-state index contributed by atoms with van der Waals surface area (Å²) >= 11 is 0. The van der Waals surface area contributed by atoms with E-state index in [9.17, 15) is 23.1 Å². The van der Waals surface area contributed by atoms with E-state index in [0.29, 0.717) is 18.9 Å². The lowest BCUT2D eigenvalue weighted by molar-refractivity contribution is -0.143. The van der Waals surface area contributed by atoms with Gasteiger partial charge in [0, 0.05) is 25.0 Å². The minimum absolute atomic E-state index is 0.0695. The third kappa shape index (κ3) is 3.01. The first kappa shape index (κ1) is 16.5. The summed E-state index contributed by atoms with van der Waals surface area (Å²) in [5.74, 6) is 0.0737. The zero-order chi connectivity index (χ0) is 17.5. The van der Waals surface area contributed by atoms with E-state index in [-0.39, 0.29) is 12.1 Å². The summed E-state index contributed by atoms with van der Waals surface area (Å²) in [6.07, 6.45) is -4.45. The number of alkyl halides is 3. The van der Waals surface area contributed by atoms with Crippen LogP contribution in [0, 0.1) is 6.92 Å². The molecule has 1 aliphatic rings. The Morgan fingerprint density at radius 2 is 2.08 bits per heavy atom. The molecular weight excluding hydrogens is 323 g/mol. The number of fused-ring (bicyclic) bond motifs is 1. The van der Waals surface area contributed by atoms with Crippen molar-refractivity contribution < 1.29 is 23.1 Å². The van der Waals surface area contributed by atoms with Crippen LogP contribution in [0.3, 0.4) is 0 Å². The summed E-state index contributed by atoms with van der Waals surface area (Å²) in [4.78, 5) is 18.0. The summed E-state index contributed by atoms with van der Waals surface area (Å²) in [6.45, 7) is 3.05. The summed E-state index contributed by atoms with van der Waals surface area (Å²) in [6, 6.07) is 4.20. The Labute approximate surface area is 136 Å². The Morgan fingerprint density at radius 3 is 2.79 bits per heavy atom. The average molecular weight is 339 g/mol. The van der Waals surface area contributed by atoms with Gasteiger partial charge < -0.3 is 14.6 Å². The molecule has 2 aromatic rings. The van der Waals surface area contributed by atoms with Gasteiger partial charge in [0.2, 0.25) is 0 Å². The SMILES string of the molecule is Cc1cnc2n1CCN(C(=O)C(O)c1cccc(C(F)(F)F)c1)C2. The van der Waals surface area contributed by atoms with Gasteiger partial charge in [-0.3, -0.25) is 4.79 Å². The van der Waals surface area contributed by atoms with Gasteiger partial charge in [-0.2, -0.15) is 13.2 Å². The molecule has 0 fully saturated rings. The van der Waals surface area contributed by atoms with Crippen molar-refractivity contribution in [2.24, 2.45) is 0 Å². The van der Waals surface area contributed by atoms with Gasteiger partial charge in [-0.05, 0) is 24.6 Å². The Balaban J connectivity index is 1.78. The standard InChI is InChI=1S/C16H16F3N3O2/c1-10-8-20-13-9-21(5-6-22(10)13)15(24)14(23)11-3-2-4-12(7-11)16(17,18)19/h2-4,7-8,14,23H,5-6,9H2,1H3. The first-order chi connectivity index (χ1) is 11.3. The molecule has 0 saturated heterocycles. The van der Waals surface area contributed by atoms with Crippen molar-refractivity contribution in [2.75, 3.05) is 6.54 Å². The van der Waals surface area contributed by atoms with Crippen molar-refractivity contribution in [3.8, 4) is 0 Å². The summed E-state index contributed by atoms with van der Waals surface area (Å²) < 4.78 is 40.3. The van der Waals surface area contributed by atoms with E-state index in [0.717, 1.165) is 17.8 Å². The molecule has 0 radical (unpaired) electrons. The number of aliphatic hydroxyl groups excluding tert-OH is 1. The molecular formula is C16H16F3N3O2. The van der Waals surface area contributed by atoms with Crippen LogP contribution in [0.5, 0.6) is 0 Å². The highest BCUT2D eigenvalue weighted by Gasteiger charge is 2.33. The van der Waals surface area contributed by atoms with Crippen LogP contribution in [0.2, 0.25) is 0 Å². The first-order valence-electron chi connectivity index (χ1n) is 7.42. The number of rotatable bonds is 2. The molecule has 1 aromatic heterocycles. The van der Waals surface area contributed by atoms with Crippen LogP contribution in [0.25, 0.3) is 0 Å². The molecule has 0 spiro atoms. The van der Waals surface area contributed by atoms with E-state index in [1.165, 1.54) is 17.0 Å². The Kier molecular flexibility index (Phi) is 4.08. The number of carbonyl (C=O) groups is 1. The zero-order valence-corrected chi connectivity index (χ0v) is 12.9. The summed E-state index contributed by atoms with van der Waals surface area (Å²) in [5.41, 5.74) is 0.0205. The van der Waals surface area contributed by atoms with Crippen LogP contribution in [-0.4, -0.2) is 32.0 Å². The molecule has 0 saturated carbocycles. The third-order valence-electron chi connectivity index (χ3n) is 4.14. The van der Waals surface area contributed by atoms with Gasteiger partial charge in [0.15, 0.2) is 6.10 Å². The van der Waals surface area contributed by atoms with E-state index in [2.05, 4.69) is 4.98 Å². The van der Waals surface area contributed by atoms with Crippen molar-refractivity contribution in [2.45, 2.75) is 32.3 Å². The van der Waals surface area contributed by atoms with Gasteiger partial charge in [0.25, 0.3) is 5.91 Å². The lowest BCUT2D eigenvalue weighted by Gasteiger charge is -2.30. The molecule has 0 aliphatic carbocycles. The molecule has 1 unspecified atom stereocenters. The second-order valence-corrected chi connectivity index (χ2v) is 5.75. The lowest BCUT2D eigenvalue weighted by atomic mass is 10.0. The molecule has 1 atom stereocenters. The van der Waals surface area contributed by atoms with Crippen LogP contribution >= 0.6 is 0 Å². The highest BCUT2D eigenvalue weighted by molar-refractivity contribution is 5.82. The molecule has 1 aliphatic heterocycles. The number of imidazole rings is 1. The predicted octanol–water partition coefficient (Wildman–Crippen LogP) is 2.29. The highest BCUT2D eigenvalue weighted by atomic mass is 19.4. The fraction of sp³-hybridized carbons (Fsp3) is 0.375. The quantitative estimate of drug-likeness (QED) is 0.913. The molecule has 2 heterocycles. The monoisotopic (exact) mass is 339 g/mol. The number of aliphatic hydroxyl groups is 1. The molecule has 5 nitrogen and oxygen atoms in total. The summed E-state index contributed by atoms with van der Waals surface area (Å²) in [7, 11) is 0. The second-order valence-electron chi connectivity index (χ2n) is 5.75. The normalized spacial score (nSPS) is 16.0. The van der Waals surface area contributed by atoms with Gasteiger partial charge in [-0.1, -0.05) is 12.1 Å². The number of aromatic nitrogens is 2. The molecule has 0 bridgehead atoms. The number of hydrogen-bond acceptors (Lipinski definition) is 3. The van der Waals surface area contributed by atoms with E-state index >= 15 is 0 Å². The predicted molar refractivity (Wildman–Crippen MR) is 78.8 cm³/mol. The Morgan fingerprint density at radius 1 is 1.33 bits per heavy atom. The molecule has 8 heteroatoms. The number of nitrogens with zero attached hydrogens (tertiary/aromatic N) is 3. The number of carbonyl (C=O) groups excluding carboxylic acids is 1. The van der Waals surface area contributed by atoms with Crippen molar-refractivity contribution in [1.82, 2.24) is 14.5 Å². The maximum absolute atomic E-state index is 12.8. The van der Waals surface area contributed by atoms with Gasteiger partial charge in [0.1, 0.15) is 5.82 Å². The molecule has 1 aromatic carbocycles. The van der Waals surface area contributed by atoms with Crippen molar-refractivity contribution in [3.63, 3.8) is 0 Å². The van der Waals surface area contributed by atoms with Gasteiger partial charge in [0.05, 0.1) is 12.1 Å². The maximum Gasteiger partial charge on any atom is 0.416 e. The first-order valence-corrected chi connectivity index (χ1v) is 7.42. The minimum Gasteiger partial charge on any atom is -0.378 e. The van der Waals surface area contributed by atoms with Crippen LogP contribution in [0.15, 0.2) is 30.5 Å². The van der Waals surface area contributed by atoms with Crippen LogP contribution in [0.4, 0.5) is 13.2 Å². The molecule has 1 N–H and O–H groups in total. The zero-order valence-electron chi connectivity index (χ0n) is 12.9. The molecule has 3 rings (SSSR count). The van der Waals surface area contributed by atoms with Crippen LogP contribution < -0.4 is 0 Å². The van der Waals surface area contributed by atoms with Crippen molar-refractivity contribution >= 4 is 5.91 Å². The van der Waals surface area contributed by atoms with Crippen LogP contribution in [0.1, 0.15) is 28.7 Å². The molecule has 1 amide bonds. The van der Waals surface area contributed by atoms with Gasteiger partial charge >= 0.3 is 6.18 Å². The number of amides is 1. The third-order valence-corrected chi connectivity index (χ3v) is 4.14. The minimum atomic E-state index is -4.52. The van der Waals surface area contributed by atoms with E-state index in [4.69, 9.17) is 0 Å². The smallest absolute Gasteiger partial charge is 0.378 e. The van der Waals surface area contributed by atoms with Crippen molar-refractivity contribution in [3.05, 3.63) is 53.1 Å². The fourth-order valence-electron chi connectivity index (χ4n) is 2.80. The highest BCUT2D eigenvalue weighted by Crippen LogP contribution is 2.31. The average Bonchev–Trinajstić information content (AvgIpc) is 2.93. The fourth-order valence-corrected chi connectivity index (χ4v) is 2.80. The number of halogens is 3.